The van der Waals surface area contributed by atoms with Gasteiger partial charge in [0, 0.05) is 6.54 Å². The Kier molecular flexibility index (Phi) is 5.20. The second-order valence-electron chi connectivity index (χ2n) is 6.97. The molecule has 0 radical (unpaired) electrons. The van der Waals surface area contributed by atoms with Crippen LogP contribution in [0.1, 0.15) is 21.5 Å². The minimum Gasteiger partial charge on any atom is -0.488 e. The summed E-state index contributed by atoms with van der Waals surface area (Å²) in [5.41, 5.74) is 0.858. The van der Waals surface area contributed by atoms with Crippen molar-refractivity contribution in [1.82, 2.24) is 4.90 Å². The van der Waals surface area contributed by atoms with Crippen molar-refractivity contribution in [2.45, 2.75) is 12.7 Å². The highest BCUT2D eigenvalue weighted by molar-refractivity contribution is 5.98. The maximum absolute atomic E-state index is 14.7. The number of carbonyl (C=O) groups is 1. The minimum absolute atomic E-state index is 0.0540. The van der Waals surface area contributed by atoms with Crippen LogP contribution in [0, 0.1) is 5.82 Å². The van der Waals surface area contributed by atoms with Crippen molar-refractivity contribution in [2.75, 3.05) is 13.2 Å². The number of hydrogen-bond donors (Lipinski definition) is 0. The first-order chi connectivity index (χ1) is 14.3. The summed E-state index contributed by atoms with van der Waals surface area (Å²) in [5.74, 6) is -1.25. The largest absolute Gasteiger partial charge is 0.488 e. The van der Waals surface area contributed by atoms with Crippen molar-refractivity contribution < 1.29 is 27.1 Å². The summed E-state index contributed by atoms with van der Waals surface area (Å²) in [6.07, 6.45) is -4.46. The monoisotopic (exact) mass is 415 g/mol. The molecule has 1 heterocycles. The molecular formula is C23H17F4NO2. The molecule has 0 aliphatic carbocycles. The van der Waals surface area contributed by atoms with Gasteiger partial charge in [-0.2, -0.15) is 13.2 Å². The summed E-state index contributed by atoms with van der Waals surface area (Å²) in [4.78, 5) is 14.7. The van der Waals surface area contributed by atoms with Crippen LogP contribution in [0.4, 0.5) is 17.6 Å². The molecular weight excluding hydrogens is 398 g/mol. The van der Waals surface area contributed by atoms with Gasteiger partial charge in [0.25, 0.3) is 5.91 Å². The molecule has 3 aromatic rings. The van der Waals surface area contributed by atoms with Gasteiger partial charge in [0.2, 0.25) is 0 Å². The Labute approximate surface area is 170 Å². The normalized spacial score (nSPS) is 14.1. The lowest BCUT2D eigenvalue weighted by atomic mass is 10.00. The van der Waals surface area contributed by atoms with Gasteiger partial charge >= 0.3 is 6.18 Å². The van der Waals surface area contributed by atoms with Crippen LogP contribution in [0.15, 0.2) is 66.7 Å². The molecule has 1 aliphatic heterocycles. The Morgan fingerprint density at radius 2 is 1.63 bits per heavy atom. The highest BCUT2D eigenvalue weighted by Crippen LogP contribution is 2.35. The molecule has 0 N–H and O–H groups in total. The maximum atomic E-state index is 14.7. The first kappa shape index (κ1) is 19.9. The van der Waals surface area contributed by atoms with Crippen LogP contribution < -0.4 is 4.74 Å². The van der Waals surface area contributed by atoms with Crippen molar-refractivity contribution in [1.29, 1.82) is 0 Å². The van der Waals surface area contributed by atoms with E-state index in [4.69, 9.17) is 4.74 Å². The lowest BCUT2D eigenvalue weighted by Gasteiger charge is -2.20. The Morgan fingerprint density at radius 3 is 2.30 bits per heavy atom. The summed E-state index contributed by atoms with van der Waals surface area (Å²) in [5, 5.41) is 0. The Morgan fingerprint density at radius 1 is 0.933 bits per heavy atom. The average Bonchev–Trinajstić information content (AvgIpc) is 2.88. The SMILES string of the molecule is O=C1c2cc(-c3ccc(C(F)(F)F)cc3)cc(F)c2OCCN1Cc1ccccc1. The van der Waals surface area contributed by atoms with Crippen molar-refractivity contribution >= 4 is 5.91 Å². The summed E-state index contributed by atoms with van der Waals surface area (Å²) >= 11 is 0. The fourth-order valence-corrected chi connectivity index (χ4v) is 3.40. The molecule has 0 bridgehead atoms. The standard InChI is InChI=1S/C23H17F4NO2/c24-20-13-17(16-6-8-18(9-7-16)23(25,26)27)12-19-21(20)30-11-10-28(22(19)29)14-15-4-2-1-3-5-15/h1-9,12-13H,10-11,14H2. The van der Waals surface area contributed by atoms with Gasteiger partial charge in [-0.15, -0.1) is 0 Å². The van der Waals surface area contributed by atoms with Gasteiger partial charge < -0.3 is 9.64 Å². The number of amides is 1. The Bertz CT molecular complexity index is 1060. The number of hydrogen-bond acceptors (Lipinski definition) is 2. The first-order valence-corrected chi connectivity index (χ1v) is 9.30. The number of ether oxygens (including phenoxy) is 1. The molecule has 0 saturated carbocycles. The quantitative estimate of drug-likeness (QED) is 0.525. The van der Waals surface area contributed by atoms with E-state index in [-0.39, 0.29) is 30.4 Å². The number of nitrogens with zero attached hydrogens (tertiary/aromatic N) is 1. The molecule has 0 unspecified atom stereocenters. The highest BCUT2D eigenvalue weighted by atomic mass is 19.4. The van der Waals surface area contributed by atoms with Crippen molar-refractivity contribution in [3.8, 4) is 16.9 Å². The summed E-state index contributed by atoms with van der Waals surface area (Å²) in [7, 11) is 0. The number of fused-ring (bicyclic) bond motifs is 1. The minimum atomic E-state index is -4.46. The van der Waals surface area contributed by atoms with Crippen molar-refractivity contribution in [2.24, 2.45) is 0 Å². The smallest absolute Gasteiger partial charge is 0.416 e. The van der Waals surface area contributed by atoms with Crippen LogP contribution in [-0.2, 0) is 12.7 Å². The van der Waals surface area contributed by atoms with Crippen LogP contribution >= 0.6 is 0 Å². The maximum Gasteiger partial charge on any atom is 0.416 e. The third kappa shape index (κ3) is 4.01. The van der Waals surface area contributed by atoms with Crippen molar-refractivity contribution in [3.63, 3.8) is 0 Å². The number of alkyl halides is 3. The third-order valence-electron chi connectivity index (χ3n) is 4.93. The summed E-state index contributed by atoms with van der Waals surface area (Å²) in [6.45, 7) is 0.772. The molecule has 4 rings (SSSR count). The van der Waals surface area contributed by atoms with Crippen molar-refractivity contribution in [3.05, 3.63) is 89.2 Å². The van der Waals surface area contributed by atoms with Gasteiger partial charge in [-0.25, -0.2) is 4.39 Å². The van der Waals surface area contributed by atoms with Gasteiger partial charge in [0.15, 0.2) is 11.6 Å². The predicted molar refractivity (Wildman–Crippen MR) is 104 cm³/mol. The average molecular weight is 415 g/mol. The Balaban J connectivity index is 1.68. The second kappa shape index (κ2) is 7.82. The van der Waals surface area contributed by atoms with Crippen LogP contribution in [0.5, 0.6) is 5.75 Å². The zero-order valence-electron chi connectivity index (χ0n) is 15.7. The van der Waals surface area contributed by atoms with Crippen LogP contribution in [0.2, 0.25) is 0 Å². The van der Waals surface area contributed by atoms with E-state index in [1.54, 1.807) is 4.90 Å². The lowest BCUT2D eigenvalue weighted by Crippen LogP contribution is -2.31. The van der Waals surface area contributed by atoms with E-state index in [1.807, 2.05) is 30.3 Å². The molecule has 0 fully saturated rings. The number of benzene rings is 3. The van der Waals surface area contributed by atoms with E-state index in [1.165, 1.54) is 24.3 Å². The molecule has 0 atom stereocenters. The second-order valence-corrected chi connectivity index (χ2v) is 6.97. The molecule has 7 heteroatoms. The fourth-order valence-electron chi connectivity index (χ4n) is 3.40. The van der Waals surface area contributed by atoms with E-state index in [0.717, 1.165) is 17.7 Å². The third-order valence-corrected chi connectivity index (χ3v) is 4.93. The van der Waals surface area contributed by atoms with Gasteiger partial charge in [0.05, 0.1) is 17.7 Å². The molecule has 0 saturated heterocycles. The van der Waals surface area contributed by atoms with E-state index in [0.29, 0.717) is 17.7 Å². The number of carbonyl (C=O) groups excluding carboxylic acids is 1. The number of rotatable bonds is 3. The Hall–Kier alpha value is -3.35. The molecule has 3 aromatic carbocycles. The lowest BCUT2D eigenvalue weighted by molar-refractivity contribution is -0.137. The predicted octanol–water partition coefficient (Wildman–Crippen LogP) is 5.55. The van der Waals surface area contributed by atoms with Crippen LogP contribution in [-0.4, -0.2) is 24.0 Å². The molecule has 3 nitrogen and oxygen atoms in total. The molecule has 154 valence electrons. The van der Waals surface area contributed by atoms with Crippen LogP contribution in [0.3, 0.4) is 0 Å². The van der Waals surface area contributed by atoms with E-state index in [9.17, 15) is 22.4 Å². The van der Waals surface area contributed by atoms with Gasteiger partial charge in [-0.3, -0.25) is 4.79 Å². The summed E-state index contributed by atoms with van der Waals surface area (Å²) < 4.78 is 58.6. The van der Waals surface area contributed by atoms with Gasteiger partial charge in [-0.05, 0) is 41.0 Å². The molecule has 30 heavy (non-hydrogen) atoms. The molecule has 1 aliphatic rings. The van der Waals surface area contributed by atoms with E-state index in [2.05, 4.69) is 0 Å². The van der Waals surface area contributed by atoms with Gasteiger partial charge in [-0.1, -0.05) is 42.5 Å². The molecule has 0 spiro atoms. The van der Waals surface area contributed by atoms with Gasteiger partial charge in [0.1, 0.15) is 6.61 Å². The molecule has 1 amide bonds. The zero-order valence-corrected chi connectivity index (χ0v) is 15.7. The first-order valence-electron chi connectivity index (χ1n) is 9.30. The zero-order chi connectivity index (χ0) is 21.3. The topological polar surface area (TPSA) is 29.5 Å². The van der Waals surface area contributed by atoms with E-state index >= 15 is 0 Å². The van der Waals surface area contributed by atoms with E-state index < -0.39 is 17.6 Å². The number of halogens is 4. The molecule has 0 aromatic heterocycles. The summed E-state index contributed by atoms with van der Waals surface area (Å²) in [6, 6.07) is 16.4. The highest BCUT2D eigenvalue weighted by Gasteiger charge is 2.30. The van der Waals surface area contributed by atoms with Crippen LogP contribution in [0.25, 0.3) is 11.1 Å². The fraction of sp³-hybridized carbons (Fsp3) is 0.174.